The number of rotatable bonds is 11. The number of fused-ring (bicyclic) bond motifs is 1. The predicted octanol–water partition coefficient (Wildman–Crippen LogP) is 4.58. The van der Waals surface area contributed by atoms with Crippen molar-refractivity contribution in [2.75, 3.05) is 46.7 Å². The number of anilines is 2. The van der Waals surface area contributed by atoms with Crippen LogP contribution in [0.1, 0.15) is 20.8 Å². The van der Waals surface area contributed by atoms with Crippen molar-refractivity contribution < 1.29 is 19.1 Å². The second kappa shape index (κ2) is 11.6. The highest BCUT2D eigenvalue weighted by Crippen LogP contribution is 2.27. The maximum absolute atomic E-state index is 13.2. The Hall–Kier alpha value is -4.30. The molecule has 1 amide bonds. The first-order valence-electron chi connectivity index (χ1n) is 12.0. The van der Waals surface area contributed by atoms with E-state index in [0.717, 1.165) is 28.0 Å². The third kappa shape index (κ3) is 6.29. The number of nitrogens with one attached hydrogen (secondary N) is 2. The van der Waals surface area contributed by atoms with Crippen molar-refractivity contribution >= 4 is 34.0 Å². The molecule has 3 aromatic carbocycles. The van der Waals surface area contributed by atoms with E-state index in [9.17, 15) is 9.59 Å². The average Bonchev–Trinajstić information content (AvgIpc) is 3.26. The van der Waals surface area contributed by atoms with Crippen molar-refractivity contribution in [3.05, 3.63) is 84.1 Å². The summed E-state index contributed by atoms with van der Waals surface area (Å²) in [5.41, 5.74) is 3.52. The zero-order valence-corrected chi connectivity index (χ0v) is 21.6. The number of hydrogen-bond acceptors (Lipinski definition) is 6. The van der Waals surface area contributed by atoms with E-state index >= 15 is 0 Å². The maximum atomic E-state index is 13.2. The minimum atomic E-state index is -0.217. The van der Waals surface area contributed by atoms with Gasteiger partial charge in [0.05, 0.1) is 26.3 Å². The molecule has 0 unspecified atom stereocenters. The molecule has 8 nitrogen and oxygen atoms in total. The third-order valence-electron chi connectivity index (χ3n) is 6.07. The average molecular weight is 501 g/mol. The van der Waals surface area contributed by atoms with E-state index in [4.69, 9.17) is 9.47 Å². The summed E-state index contributed by atoms with van der Waals surface area (Å²) in [4.78, 5) is 28.4. The van der Waals surface area contributed by atoms with Crippen LogP contribution in [0.3, 0.4) is 0 Å². The third-order valence-corrected chi connectivity index (χ3v) is 6.07. The van der Waals surface area contributed by atoms with Crippen molar-refractivity contribution in [3.8, 4) is 11.5 Å². The van der Waals surface area contributed by atoms with E-state index in [1.165, 1.54) is 0 Å². The quantitative estimate of drug-likeness (QED) is 0.294. The van der Waals surface area contributed by atoms with Crippen molar-refractivity contribution in [3.63, 3.8) is 0 Å². The number of benzene rings is 3. The fourth-order valence-corrected chi connectivity index (χ4v) is 4.03. The number of nitrogens with zero attached hydrogens (tertiary/aromatic N) is 2. The van der Waals surface area contributed by atoms with E-state index in [2.05, 4.69) is 10.6 Å². The molecule has 0 radical (unpaired) electrons. The number of carbonyl (C=O) groups excluding carboxylic acids is 2. The van der Waals surface area contributed by atoms with E-state index in [-0.39, 0.29) is 18.2 Å². The lowest BCUT2D eigenvalue weighted by Crippen LogP contribution is -2.32. The topological polar surface area (TPSA) is 84.8 Å². The van der Waals surface area contributed by atoms with Crippen molar-refractivity contribution in [1.29, 1.82) is 0 Å². The van der Waals surface area contributed by atoms with Gasteiger partial charge in [-0.25, -0.2) is 0 Å². The van der Waals surface area contributed by atoms with Crippen LogP contribution in [0.25, 0.3) is 10.9 Å². The number of carbonyl (C=O) groups is 2. The SMILES string of the molecule is COc1ccc(Nc2ccc3cc(C(=O)NCCN(C)C)n(CC(=O)c4ccc(OC)cc4)c3c2)cc1. The van der Waals surface area contributed by atoms with Crippen LogP contribution in [0.15, 0.2) is 72.8 Å². The van der Waals surface area contributed by atoms with Crippen LogP contribution in [0, 0.1) is 0 Å². The highest BCUT2D eigenvalue weighted by molar-refractivity contribution is 6.02. The van der Waals surface area contributed by atoms with Gasteiger partial charge in [-0.2, -0.15) is 0 Å². The molecule has 4 aromatic rings. The second-order valence-electron chi connectivity index (χ2n) is 8.95. The molecule has 192 valence electrons. The van der Waals surface area contributed by atoms with E-state index < -0.39 is 0 Å². The number of likely N-dealkylation sites (N-methyl/N-ethyl adjacent to an activating group) is 1. The Morgan fingerprint density at radius 1 is 0.838 bits per heavy atom. The zero-order chi connectivity index (χ0) is 26.4. The summed E-state index contributed by atoms with van der Waals surface area (Å²) < 4.78 is 12.2. The number of ketones is 1. The molecule has 0 aliphatic rings. The monoisotopic (exact) mass is 500 g/mol. The predicted molar refractivity (Wildman–Crippen MR) is 146 cm³/mol. The van der Waals surface area contributed by atoms with E-state index in [1.54, 1.807) is 43.1 Å². The van der Waals surface area contributed by atoms with E-state index in [0.29, 0.717) is 30.1 Å². The second-order valence-corrected chi connectivity index (χ2v) is 8.95. The summed E-state index contributed by atoms with van der Waals surface area (Å²) in [6.45, 7) is 1.25. The summed E-state index contributed by atoms with van der Waals surface area (Å²) in [5, 5.41) is 7.23. The Morgan fingerprint density at radius 3 is 2.08 bits per heavy atom. The van der Waals surface area contributed by atoms with Gasteiger partial charge in [0.15, 0.2) is 5.78 Å². The van der Waals surface area contributed by atoms with Crippen LogP contribution >= 0.6 is 0 Å². The number of amides is 1. The number of aromatic nitrogens is 1. The Kier molecular flexibility index (Phi) is 8.10. The summed E-state index contributed by atoms with van der Waals surface area (Å²) in [5.74, 6) is 1.14. The molecule has 4 rings (SSSR count). The van der Waals surface area contributed by atoms with Crippen molar-refractivity contribution in [1.82, 2.24) is 14.8 Å². The Labute approximate surface area is 216 Å². The standard InChI is InChI=1S/C29H32N4O4/c1-32(2)16-15-30-29(35)27-17-21-5-8-23(31-22-9-13-25(37-4)14-10-22)18-26(21)33(27)19-28(34)20-6-11-24(36-3)12-7-20/h5-14,17-18,31H,15-16,19H2,1-4H3,(H,30,35). The fourth-order valence-electron chi connectivity index (χ4n) is 4.03. The normalized spacial score (nSPS) is 10.9. The lowest BCUT2D eigenvalue weighted by atomic mass is 10.1. The molecule has 0 atom stereocenters. The summed E-state index contributed by atoms with van der Waals surface area (Å²) in [7, 11) is 7.12. The van der Waals surface area contributed by atoms with Crippen LogP contribution in [-0.2, 0) is 6.54 Å². The van der Waals surface area contributed by atoms with Gasteiger partial charge in [-0.05, 0) is 80.8 Å². The fraction of sp³-hybridized carbons (Fsp3) is 0.241. The van der Waals surface area contributed by atoms with Gasteiger partial charge in [0.1, 0.15) is 17.2 Å². The molecule has 0 fully saturated rings. The van der Waals surface area contributed by atoms with Gasteiger partial charge in [-0.15, -0.1) is 0 Å². The first-order valence-corrected chi connectivity index (χ1v) is 12.0. The minimum absolute atomic E-state index is 0.0260. The lowest BCUT2D eigenvalue weighted by molar-refractivity contribution is 0.0936. The largest absolute Gasteiger partial charge is 0.497 e. The number of hydrogen-bond donors (Lipinski definition) is 2. The molecule has 1 heterocycles. The van der Waals surface area contributed by atoms with Gasteiger partial charge in [0, 0.05) is 35.4 Å². The highest BCUT2D eigenvalue weighted by Gasteiger charge is 2.19. The van der Waals surface area contributed by atoms with Crippen LogP contribution in [-0.4, -0.2) is 62.6 Å². The smallest absolute Gasteiger partial charge is 0.268 e. The van der Waals surface area contributed by atoms with E-state index in [1.807, 2.05) is 67.5 Å². The Morgan fingerprint density at radius 2 is 1.46 bits per heavy atom. The Balaban J connectivity index is 1.67. The van der Waals surface area contributed by atoms with Gasteiger partial charge in [-0.3, -0.25) is 9.59 Å². The van der Waals surface area contributed by atoms with Crippen molar-refractivity contribution in [2.24, 2.45) is 0 Å². The molecule has 0 spiro atoms. The van der Waals surface area contributed by atoms with Gasteiger partial charge >= 0.3 is 0 Å². The summed E-state index contributed by atoms with van der Waals surface area (Å²) >= 11 is 0. The Bertz CT molecular complexity index is 1380. The summed E-state index contributed by atoms with van der Waals surface area (Å²) in [6, 6.07) is 22.3. The minimum Gasteiger partial charge on any atom is -0.497 e. The number of methoxy groups -OCH3 is 2. The summed E-state index contributed by atoms with van der Waals surface area (Å²) in [6.07, 6.45) is 0. The maximum Gasteiger partial charge on any atom is 0.268 e. The number of Topliss-reactive ketones (excluding diaryl/α,β-unsaturated/α-hetero) is 1. The first-order chi connectivity index (χ1) is 17.9. The molecule has 1 aromatic heterocycles. The molecule has 0 bridgehead atoms. The van der Waals surface area contributed by atoms with Gasteiger partial charge in [0.25, 0.3) is 5.91 Å². The molecule has 8 heteroatoms. The van der Waals surface area contributed by atoms with Gasteiger partial charge in [0.2, 0.25) is 0 Å². The first kappa shape index (κ1) is 25.8. The molecule has 0 aliphatic carbocycles. The van der Waals surface area contributed by atoms with Gasteiger partial charge in [-0.1, -0.05) is 6.07 Å². The van der Waals surface area contributed by atoms with Crippen LogP contribution in [0.4, 0.5) is 11.4 Å². The van der Waals surface area contributed by atoms with Crippen molar-refractivity contribution in [2.45, 2.75) is 6.54 Å². The highest BCUT2D eigenvalue weighted by atomic mass is 16.5. The molecular formula is C29H32N4O4. The zero-order valence-electron chi connectivity index (χ0n) is 21.6. The van der Waals surface area contributed by atoms with Crippen LogP contribution < -0.4 is 20.1 Å². The van der Waals surface area contributed by atoms with Gasteiger partial charge < -0.3 is 29.6 Å². The molecule has 0 aliphatic heterocycles. The number of ether oxygens (including phenoxy) is 2. The van der Waals surface area contributed by atoms with Crippen LogP contribution in [0.5, 0.6) is 11.5 Å². The molecule has 2 N–H and O–H groups in total. The molecule has 37 heavy (non-hydrogen) atoms. The molecular weight excluding hydrogens is 468 g/mol. The molecule has 0 saturated carbocycles. The molecule has 0 saturated heterocycles. The lowest BCUT2D eigenvalue weighted by Gasteiger charge is -2.13. The van der Waals surface area contributed by atoms with Crippen LogP contribution in [0.2, 0.25) is 0 Å².